The molecule has 0 radical (unpaired) electrons. The highest BCUT2D eigenvalue weighted by atomic mass is 35.5. The number of carbonyl (C=O) groups is 1. The van der Waals surface area contributed by atoms with Gasteiger partial charge >= 0.3 is 11.7 Å². The third kappa shape index (κ3) is 4.87. The zero-order chi connectivity index (χ0) is 24.4. The van der Waals surface area contributed by atoms with Crippen molar-refractivity contribution in [3.05, 3.63) is 108 Å². The SMILES string of the molecule is O=C1OC(c2ccc(Cl)c(Cl)c2)=N/C1=C\c1ccc(Oc2ccc([N+](=O)[O-])cc2[N+](=O)[O-])cc1. The van der Waals surface area contributed by atoms with Crippen molar-refractivity contribution >= 4 is 52.5 Å². The van der Waals surface area contributed by atoms with Crippen molar-refractivity contribution < 1.29 is 24.1 Å². The van der Waals surface area contributed by atoms with E-state index in [0.717, 1.165) is 18.2 Å². The maximum absolute atomic E-state index is 12.2. The number of hydrogen-bond donors (Lipinski definition) is 0. The van der Waals surface area contributed by atoms with Crippen LogP contribution in [0.2, 0.25) is 10.0 Å². The zero-order valence-corrected chi connectivity index (χ0v) is 18.3. The molecule has 0 fully saturated rings. The second-order valence-corrected chi connectivity index (χ2v) is 7.62. The highest BCUT2D eigenvalue weighted by Gasteiger charge is 2.25. The number of halogens is 2. The second-order valence-electron chi connectivity index (χ2n) is 6.80. The molecule has 10 nitrogen and oxygen atoms in total. The Bertz CT molecular complexity index is 1400. The minimum absolute atomic E-state index is 0.0562. The lowest BCUT2D eigenvalue weighted by Crippen LogP contribution is -2.05. The highest BCUT2D eigenvalue weighted by molar-refractivity contribution is 6.42. The van der Waals surface area contributed by atoms with Crippen LogP contribution in [0.3, 0.4) is 0 Å². The second kappa shape index (κ2) is 9.30. The molecule has 0 saturated heterocycles. The van der Waals surface area contributed by atoms with E-state index in [4.69, 9.17) is 32.7 Å². The summed E-state index contributed by atoms with van der Waals surface area (Å²) >= 11 is 11.9. The van der Waals surface area contributed by atoms with E-state index in [-0.39, 0.29) is 23.1 Å². The summed E-state index contributed by atoms with van der Waals surface area (Å²) in [5, 5.41) is 22.8. The molecule has 0 aliphatic carbocycles. The fourth-order valence-corrected chi connectivity index (χ4v) is 3.23. The standard InChI is InChI=1S/C22H11Cl2N3O7/c23-16-7-3-13(10-17(16)24)21-25-18(22(28)34-21)9-12-1-5-15(6-2-12)33-20-8-4-14(26(29)30)11-19(20)27(31)32/h1-11H/b18-9-. The van der Waals surface area contributed by atoms with Gasteiger partial charge in [0.05, 0.1) is 26.0 Å². The molecule has 3 aromatic rings. The summed E-state index contributed by atoms with van der Waals surface area (Å²) in [7, 11) is 0. The largest absolute Gasteiger partial charge is 0.450 e. The molecule has 0 aromatic heterocycles. The van der Waals surface area contributed by atoms with Crippen LogP contribution in [0.15, 0.2) is 71.4 Å². The molecular weight excluding hydrogens is 489 g/mol. The zero-order valence-electron chi connectivity index (χ0n) is 16.8. The quantitative estimate of drug-likeness (QED) is 0.177. The first kappa shape index (κ1) is 22.9. The number of nitro groups is 2. The molecule has 1 aliphatic heterocycles. The molecule has 34 heavy (non-hydrogen) atoms. The van der Waals surface area contributed by atoms with Crippen LogP contribution in [0.5, 0.6) is 11.5 Å². The number of rotatable bonds is 6. The van der Waals surface area contributed by atoms with Crippen LogP contribution < -0.4 is 4.74 Å². The van der Waals surface area contributed by atoms with Crippen molar-refractivity contribution in [2.45, 2.75) is 0 Å². The maximum atomic E-state index is 12.2. The average Bonchev–Trinajstić information content (AvgIpc) is 3.17. The van der Waals surface area contributed by atoms with Gasteiger partial charge in [0.1, 0.15) is 5.75 Å². The summed E-state index contributed by atoms with van der Waals surface area (Å²) in [6.45, 7) is 0. The predicted molar refractivity (Wildman–Crippen MR) is 123 cm³/mol. The number of benzene rings is 3. The van der Waals surface area contributed by atoms with Gasteiger partial charge in [-0.25, -0.2) is 9.79 Å². The molecule has 0 amide bonds. The normalized spacial score (nSPS) is 14.0. The van der Waals surface area contributed by atoms with Crippen molar-refractivity contribution in [1.29, 1.82) is 0 Å². The first-order valence-electron chi connectivity index (χ1n) is 9.40. The summed E-state index contributed by atoms with van der Waals surface area (Å²) in [5.41, 5.74) is 0.153. The number of carbonyl (C=O) groups excluding carboxylic acids is 1. The Kier molecular flexibility index (Phi) is 6.26. The predicted octanol–water partition coefficient (Wildman–Crippen LogP) is 5.95. The van der Waals surface area contributed by atoms with Crippen LogP contribution in [0, 0.1) is 20.2 Å². The molecule has 0 N–H and O–H groups in total. The Labute approximate surface area is 201 Å². The minimum Gasteiger partial charge on any atom is -0.450 e. The molecule has 0 unspecified atom stereocenters. The van der Waals surface area contributed by atoms with Crippen molar-refractivity contribution in [2.75, 3.05) is 0 Å². The lowest BCUT2D eigenvalue weighted by atomic mass is 10.2. The van der Waals surface area contributed by atoms with Gasteiger partial charge in [0.25, 0.3) is 5.69 Å². The molecule has 0 atom stereocenters. The van der Waals surface area contributed by atoms with Gasteiger partial charge in [-0.1, -0.05) is 35.3 Å². The molecule has 170 valence electrons. The smallest absolute Gasteiger partial charge is 0.363 e. The fourth-order valence-electron chi connectivity index (χ4n) is 2.93. The lowest BCUT2D eigenvalue weighted by molar-refractivity contribution is -0.394. The van der Waals surface area contributed by atoms with E-state index < -0.39 is 27.2 Å². The fraction of sp³-hybridized carbons (Fsp3) is 0. The minimum atomic E-state index is -0.768. The number of non-ortho nitro benzene ring substituents is 1. The molecule has 12 heteroatoms. The maximum Gasteiger partial charge on any atom is 0.363 e. The summed E-state index contributed by atoms with van der Waals surface area (Å²) in [6, 6.07) is 14.0. The molecule has 1 heterocycles. The summed E-state index contributed by atoms with van der Waals surface area (Å²) < 4.78 is 10.7. The van der Waals surface area contributed by atoms with E-state index in [1.165, 1.54) is 24.3 Å². The van der Waals surface area contributed by atoms with Gasteiger partial charge in [0, 0.05) is 11.6 Å². The molecule has 3 aromatic carbocycles. The average molecular weight is 500 g/mol. The van der Waals surface area contributed by atoms with E-state index in [9.17, 15) is 25.0 Å². The third-order valence-electron chi connectivity index (χ3n) is 4.55. The molecule has 4 rings (SSSR count). The van der Waals surface area contributed by atoms with Crippen molar-refractivity contribution in [3.8, 4) is 11.5 Å². The van der Waals surface area contributed by atoms with Gasteiger partial charge in [-0.3, -0.25) is 20.2 Å². The summed E-state index contributed by atoms with van der Waals surface area (Å²) in [5.74, 6) is -0.479. The topological polar surface area (TPSA) is 134 Å². The Morgan fingerprint density at radius 1 is 0.912 bits per heavy atom. The van der Waals surface area contributed by atoms with Gasteiger partial charge in [0.2, 0.25) is 11.6 Å². The Morgan fingerprint density at radius 3 is 2.29 bits per heavy atom. The van der Waals surface area contributed by atoms with Crippen LogP contribution in [-0.2, 0) is 9.53 Å². The van der Waals surface area contributed by atoms with Gasteiger partial charge < -0.3 is 9.47 Å². The molecular formula is C22H11Cl2N3O7. The van der Waals surface area contributed by atoms with Crippen LogP contribution in [0.4, 0.5) is 11.4 Å². The number of hydrogen-bond acceptors (Lipinski definition) is 8. The first-order chi connectivity index (χ1) is 16.2. The number of nitro benzene ring substituents is 2. The number of cyclic esters (lactones) is 1. The van der Waals surface area contributed by atoms with Crippen LogP contribution >= 0.6 is 23.2 Å². The number of ether oxygens (including phenoxy) is 2. The summed E-state index contributed by atoms with van der Waals surface area (Å²) in [4.78, 5) is 37.0. The van der Waals surface area contributed by atoms with E-state index in [1.54, 1.807) is 24.3 Å². The van der Waals surface area contributed by atoms with E-state index in [2.05, 4.69) is 4.99 Å². The van der Waals surface area contributed by atoms with Crippen molar-refractivity contribution in [2.24, 2.45) is 4.99 Å². The van der Waals surface area contributed by atoms with Crippen LogP contribution in [-0.4, -0.2) is 21.7 Å². The lowest BCUT2D eigenvalue weighted by Gasteiger charge is -2.06. The van der Waals surface area contributed by atoms with Crippen molar-refractivity contribution in [1.82, 2.24) is 0 Å². The van der Waals surface area contributed by atoms with Gasteiger partial charge in [-0.2, -0.15) is 0 Å². The van der Waals surface area contributed by atoms with Gasteiger partial charge in [-0.15, -0.1) is 0 Å². The van der Waals surface area contributed by atoms with Gasteiger partial charge in [0.15, 0.2) is 5.70 Å². The van der Waals surface area contributed by atoms with E-state index in [1.807, 2.05) is 0 Å². The highest BCUT2D eigenvalue weighted by Crippen LogP contribution is 2.34. The van der Waals surface area contributed by atoms with Crippen LogP contribution in [0.1, 0.15) is 11.1 Å². The monoisotopic (exact) mass is 499 g/mol. The summed E-state index contributed by atoms with van der Waals surface area (Å²) in [6.07, 6.45) is 1.49. The molecule has 0 bridgehead atoms. The van der Waals surface area contributed by atoms with E-state index >= 15 is 0 Å². The van der Waals surface area contributed by atoms with Crippen LogP contribution in [0.25, 0.3) is 6.08 Å². The number of nitrogens with zero attached hydrogens (tertiary/aromatic N) is 3. The molecule has 1 aliphatic rings. The van der Waals surface area contributed by atoms with Gasteiger partial charge in [-0.05, 0) is 48.0 Å². The first-order valence-corrected chi connectivity index (χ1v) is 10.2. The Balaban J connectivity index is 1.55. The molecule has 0 saturated carbocycles. The Morgan fingerprint density at radius 2 is 1.65 bits per heavy atom. The third-order valence-corrected chi connectivity index (χ3v) is 5.29. The molecule has 0 spiro atoms. The van der Waals surface area contributed by atoms with Crippen molar-refractivity contribution in [3.63, 3.8) is 0 Å². The van der Waals surface area contributed by atoms with E-state index in [0.29, 0.717) is 21.2 Å². The number of aliphatic imine (C=N–C) groups is 1. The Hall–Kier alpha value is -4.28. The number of esters is 1.